The highest BCUT2D eigenvalue weighted by Crippen LogP contribution is 2.23. The molecule has 1 fully saturated rings. The molecule has 0 saturated carbocycles. The molecule has 2 heterocycles. The average Bonchev–Trinajstić information content (AvgIpc) is 3.10. The lowest BCUT2D eigenvalue weighted by molar-refractivity contribution is -0.134. The fourth-order valence-electron chi connectivity index (χ4n) is 3.52. The number of likely N-dealkylation sites (tertiary alicyclic amines) is 1. The highest BCUT2D eigenvalue weighted by Gasteiger charge is 2.31. The molecular formula is C20H28N4O4S. The van der Waals surface area contributed by atoms with Gasteiger partial charge in [-0.1, -0.05) is 19.1 Å². The molecule has 29 heavy (non-hydrogen) atoms. The van der Waals surface area contributed by atoms with Crippen molar-refractivity contribution in [1.29, 1.82) is 0 Å². The Kier molecular flexibility index (Phi) is 6.49. The first-order valence-electron chi connectivity index (χ1n) is 9.77. The van der Waals surface area contributed by atoms with Gasteiger partial charge in [-0.25, -0.2) is 8.42 Å². The summed E-state index contributed by atoms with van der Waals surface area (Å²) in [4.78, 5) is 14.6. The normalized spacial score (nSPS) is 16.7. The van der Waals surface area contributed by atoms with Gasteiger partial charge >= 0.3 is 0 Å². The van der Waals surface area contributed by atoms with Gasteiger partial charge in [-0.05, 0) is 49.4 Å². The molecule has 2 aromatic rings. The number of para-hydroxylation sites is 1. The van der Waals surface area contributed by atoms with Crippen LogP contribution in [-0.4, -0.2) is 48.0 Å². The highest BCUT2D eigenvalue weighted by atomic mass is 32.2. The molecule has 0 radical (unpaired) electrons. The quantitative estimate of drug-likeness (QED) is 0.631. The highest BCUT2D eigenvalue weighted by molar-refractivity contribution is 7.89. The van der Waals surface area contributed by atoms with Crippen LogP contribution < -0.4 is 10.5 Å². The van der Waals surface area contributed by atoms with Gasteiger partial charge in [0.2, 0.25) is 15.9 Å². The third-order valence-corrected chi connectivity index (χ3v) is 6.89. The van der Waals surface area contributed by atoms with Crippen molar-refractivity contribution in [3.63, 3.8) is 0 Å². The standard InChI is InChI=1S/C20H28N4O4S/c1-15-8-12-24(13-9-15)20(26)16(10-14-23-11-4-7-19(23)21)22-29(27,28)18-6-3-2-5-17(18)25/h2-7,11,15-16,22,25H,8-10,12-14,21H2,1H3. The Hall–Kier alpha value is -2.52. The summed E-state index contributed by atoms with van der Waals surface area (Å²) >= 11 is 0. The minimum atomic E-state index is -4.07. The van der Waals surface area contributed by atoms with Gasteiger partial charge in [0.15, 0.2) is 0 Å². The fraction of sp³-hybridized carbons (Fsp3) is 0.450. The molecule has 1 amide bonds. The van der Waals surface area contributed by atoms with E-state index in [2.05, 4.69) is 11.6 Å². The van der Waals surface area contributed by atoms with Crippen LogP contribution in [0, 0.1) is 5.92 Å². The van der Waals surface area contributed by atoms with Gasteiger partial charge in [0.05, 0.1) is 0 Å². The number of carbonyl (C=O) groups excluding carboxylic acids is 1. The number of benzene rings is 1. The van der Waals surface area contributed by atoms with E-state index in [1.807, 2.05) is 0 Å². The Bertz CT molecular complexity index is 949. The van der Waals surface area contributed by atoms with Crippen LogP contribution in [-0.2, 0) is 21.4 Å². The van der Waals surface area contributed by atoms with Crippen LogP contribution in [0.25, 0.3) is 0 Å². The van der Waals surface area contributed by atoms with E-state index in [9.17, 15) is 18.3 Å². The maximum absolute atomic E-state index is 13.1. The van der Waals surface area contributed by atoms with E-state index < -0.39 is 16.1 Å². The lowest BCUT2D eigenvalue weighted by Crippen LogP contribution is -2.50. The van der Waals surface area contributed by atoms with Crippen molar-refractivity contribution in [2.75, 3.05) is 18.8 Å². The molecule has 4 N–H and O–H groups in total. The third-order valence-electron chi connectivity index (χ3n) is 5.37. The number of aromatic nitrogens is 1. The first-order valence-corrected chi connectivity index (χ1v) is 11.3. The van der Waals surface area contributed by atoms with E-state index in [0.717, 1.165) is 12.8 Å². The second-order valence-electron chi connectivity index (χ2n) is 7.56. The van der Waals surface area contributed by atoms with Crippen LogP contribution in [0.3, 0.4) is 0 Å². The molecule has 9 heteroatoms. The van der Waals surface area contributed by atoms with Crippen molar-refractivity contribution in [3.05, 3.63) is 42.6 Å². The first kappa shape index (κ1) is 21.2. The summed E-state index contributed by atoms with van der Waals surface area (Å²) in [6, 6.07) is 8.27. The van der Waals surface area contributed by atoms with Crippen molar-refractivity contribution < 1.29 is 18.3 Å². The zero-order valence-corrected chi connectivity index (χ0v) is 17.3. The number of phenolic OH excluding ortho intramolecular Hbond substituents is 1. The maximum Gasteiger partial charge on any atom is 0.244 e. The Morgan fingerprint density at radius 3 is 2.55 bits per heavy atom. The number of hydrogen-bond donors (Lipinski definition) is 3. The lowest BCUT2D eigenvalue weighted by atomic mass is 9.98. The molecule has 3 rings (SSSR count). The number of amides is 1. The summed E-state index contributed by atoms with van der Waals surface area (Å²) in [7, 11) is -4.07. The molecule has 1 aliphatic heterocycles. The number of nitrogens with one attached hydrogen (secondary N) is 1. The summed E-state index contributed by atoms with van der Waals surface area (Å²) in [5.74, 6) is 0.496. The van der Waals surface area contributed by atoms with E-state index in [4.69, 9.17) is 5.73 Å². The van der Waals surface area contributed by atoms with Crippen LogP contribution in [0.4, 0.5) is 5.82 Å². The van der Waals surface area contributed by atoms with E-state index in [1.54, 1.807) is 33.9 Å². The SMILES string of the molecule is CC1CCN(C(=O)C(CCn2cccc2N)NS(=O)(=O)c2ccccc2O)CC1. The van der Waals surface area contributed by atoms with Crippen molar-refractivity contribution in [2.45, 2.75) is 43.7 Å². The Morgan fingerprint density at radius 1 is 1.24 bits per heavy atom. The summed E-state index contributed by atoms with van der Waals surface area (Å²) in [6.07, 6.45) is 3.83. The average molecular weight is 421 g/mol. The molecule has 1 aromatic carbocycles. The molecule has 0 aliphatic carbocycles. The number of aromatic hydroxyl groups is 1. The summed E-state index contributed by atoms with van der Waals surface area (Å²) in [5.41, 5.74) is 5.90. The molecule has 0 spiro atoms. The predicted octanol–water partition coefficient (Wildman–Crippen LogP) is 1.77. The number of hydrogen-bond acceptors (Lipinski definition) is 5. The van der Waals surface area contributed by atoms with Gasteiger partial charge in [-0.15, -0.1) is 0 Å². The molecule has 1 unspecified atom stereocenters. The summed E-state index contributed by atoms with van der Waals surface area (Å²) in [5, 5.41) is 9.96. The van der Waals surface area contributed by atoms with Crippen molar-refractivity contribution >= 4 is 21.7 Å². The smallest absolute Gasteiger partial charge is 0.244 e. The van der Waals surface area contributed by atoms with E-state index in [0.29, 0.717) is 31.4 Å². The molecule has 1 aliphatic rings. The van der Waals surface area contributed by atoms with E-state index in [-0.39, 0.29) is 23.0 Å². The van der Waals surface area contributed by atoms with Gasteiger partial charge < -0.3 is 20.3 Å². The third kappa shape index (κ3) is 5.10. The number of sulfonamides is 1. The van der Waals surface area contributed by atoms with Crippen LogP contribution in [0.2, 0.25) is 0 Å². The van der Waals surface area contributed by atoms with E-state index >= 15 is 0 Å². The van der Waals surface area contributed by atoms with Crippen LogP contribution in [0.15, 0.2) is 47.5 Å². The van der Waals surface area contributed by atoms with Crippen molar-refractivity contribution in [2.24, 2.45) is 5.92 Å². The minimum absolute atomic E-state index is 0.245. The van der Waals surface area contributed by atoms with Gasteiger partial charge in [0.25, 0.3) is 0 Å². The number of carbonyl (C=O) groups is 1. The summed E-state index contributed by atoms with van der Waals surface area (Å²) < 4.78 is 30.0. The summed E-state index contributed by atoms with van der Waals surface area (Å²) in [6.45, 7) is 3.76. The maximum atomic E-state index is 13.1. The molecule has 1 saturated heterocycles. The number of aryl methyl sites for hydroxylation is 1. The number of rotatable bonds is 7. The zero-order valence-electron chi connectivity index (χ0n) is 16.5. The molecule has 158 valence electrons. The van der Waals surface area contributed by atoms with Gasteiger partial charge in [-0.3, -0.25) is 4.79 Å². The van der Waals surface area contributed by atoms with Crippen LogP contribution in [0.5, 0.6) is 5.75 Å². The topological polar surface area (TPSA) is 118 Å². The van der Waals surface area contributed by atoms with Crippen LogP contribution in [0.1, 0.15) is 26.2 Å². The lowest BCUT2D eigenvalue weighted by Gasteiger charge is -2.33. The Balaban J connectivity index is 1.80. The van der Waals surface area contributed by atoms with E-state index in [1.165, 1.54) is 18.2 Å². The number of nitrogens with zero attached hydrogens (tertiary/aromatic N) is 2. The number of phenols is 1. The first-order chi connectivity index (χ1) is 13.8. The zero-order chi connectivity index (χ0) is 21.0. The largest absolute Gasteiger partial charge is 0.507 e. The number of anilines is 1. The molecule has 1 aromatic heterocycles. The van der Waals surface area contributed by atoms with Crippen molar-refractivity contribution in [1.82, 2.24) is 14.2 Å². The second-order valence-corrected chi connectivity index (χ2v) is 9.25. The number of nitrogens with two attached hydrogens (primary N) is 1. The van der Waals surface area contributed by atoms with Gasteiger partial charge in [-0.2, -0.15) is 4.72 Å². The molecule has 8 nitrogen and oxygen atoms in total. The number of nitrogen functional groups attached to an aromatic ring is 1. The van der Waals surface area contributed by atoms with Gasteiger partial charge in [0.1, 0.15) is 22.5 Å². The minimum Gasteiger partial charge on any atom is -0.507 e. The Morgan fingerprint density at radius 2 is 1.93 bits per heavy atom. The Labute approximate surface area is 171 Å². The predicted molar refractivity (Wildman–Crippen MR) is 111 cm³/mol. The molecule has 0 bridgehead atoms. The van der Waals surface area contributed by atoms with Crippen molar-refractivity contribution in [3.8, 4) is 5.75 Å². The monoisotopic (exact) mass is 420 g/mol. The molecule has 1 atom stereocenters. The molecular weight excluding hydrogens is 392 g/mol. The number of piperidine rings is 1. The van der Waals surface area contributed by atoms with Crippen LogP contribution >= 0.6 is 0 Å². The fourth-order valence-corrected chi connectivity index (χ4v) is 4.84. The van der Waals surface area contributed by atoms with Gasteiger partial charge in [0, 0.05) is 25.8 Å². The second kappa shape index (κ2) is 8.87.